The number of allylic oxidation sites excluding steroid dienone is 2. The van der Waals surface area contributed by atoms with Crippen LogP contribution in [0.5, 0.6) is 0 Å². The highest BCUT2D eigenvalue weighted by molar-refractivity contribution is 5.94. The first-order valence-electron chi connectivity index (χ1n) is 10.5. The van der Waals surface area contributed by atoms with Gasteiger partial charge in [-0.1, -0.05) is 24.3 Å². The van der Waals surface area contributed by atoms with Gasteiger partial charge in [0, 0.05) is 37.7 Å². The van der Waals surface area contributed by atoms with Crippen LogP contribution in [0.15, 0.2) is 36.4 Å². The van der Waals surface area contributed by atoms with E-state index in [9.17, 15) is 9.59 Å². The molecular weight excluding hydrogens is 336 g/mol. The summed E-state index contributed by atoms with van der Waals surface area (Å²) in [6, 6.07) is 8.21. The van der Waals surface area contributed by atoms with Crippen LogP contribution in [0.4, 0.5) is 0 Å². The van der Waals surface area contributed by atoms with Gasteiger partial charge in [0.15, 0.2) is 0 Å². The van der Waals surface area contributed by atoms with E-state index in [1.807, 2.05) is 17.0 Å². The number of carbonyl (C=O) groups is 2. The minimum atomic E-state index is 0.173. The van der Waals surface area contributed by atoms with Crippen molar-refractivity contribution >= 4 is 11.8 Å². The van der Waals surface area contributed by atoms with Crippen LogP contribution in [0.2, 0.25) is 0 Å². The monoisotopic (exact) mass is 366 g/mol. The van der Waals surface area contributed by atoms with E-state index in [-0.39, 0.29) is 11.8 Å². The summed E-state index contributed by atoms with van der Waals surface area (Å²) in [5.41, 5.74) is 2.11. The second-order valence-corrected chi connectivity index (χ2v) is 8.31. The Kier molecular flexibility index (Phi) is 5.61. The van der Waals surface area contributed by atoms with Gasteiger partial charge in [0.2, 0.25) is 5.91 Å². The van der Waals surface area contributed by atoms with Gasteiger partial charge < -0.3 is 9.80 Å². The molecule has 2 heterocycles. The van der Waals surface area contributed by atoms with Crippen molar-refractivity contribution in [3.8, 4) is 0 Å². The lowest BCUT2D eigenvalue weighted by molar-refractivity contribution is -0.136. The highest BCUT2D eigenvalue weighted by Gasteiger charge is 2.28. The van der Waals surface area contributed by atoms with Gasteiger partial charge in [-0.25, -0.2) is 0 Å². The molecule has 0 radical (unpaired) electrons. The summed E-state index contributed by atoms with van der Waals surface area (Å²) < 4.78 is 0. The number of amides is 2. The van der Waals surface area contributed by atoms with Crippen molar-refractivity contribution in [1.29, 1.82) is 0 Å². The van der Waals surface area contributed by atoms with E-state index in [2.05, 4.69) is 29.2 Å². The normalized spacial score (nSPS) is 21.2. The Balaban J connectivity index is 1.26. The Morgan fingerprint density at radius 2 is 1.48 bits per heavy atom. The highest BCUT2D eigenvalue weighted by atomic mass is 16.2. The van der Waals surface area contributed by atoms with Crippen LogP contribution >= 0.6 is 0 Å². The second-order valence-electron chi connectivity index (χ2n) is 8.31. The Labute approximate surface area is 162 Å². The Morgan fingerprint density at radius 3 is 2.11 bits per heavy atom. The minimum absolute atomic E-state index is 0.173. The van der Waals surface area contributed by atoms with E-state index in [1.165, 1.54) is 5.56 Å². The number of carbonyl (C=O) groups excluding carboxylic acids is 2. The first kappa shape index (κ1) is 18.3. The first-order chi connectivity index (χ1) is 13.2. The Morgan fingerprint density at radius 1 is 0.852 bits per heavy atom. The van der Waals surface area contributed by atoms with Crippen LogP contribution < -0.4 is 0 Å². The van der Waals surface area contributed by atoms with E-state index in [1.54, 1.807) is 0 Å². The van der Waals surface area contributed by atoms with Crippen molar-refractivity contribution in [1.82, 2.24) is 9.80 Å². The molecule has 4 nitrogen and oxygen atoms in total. The molecule has 27 heavy (non-hydrogen) atoms. The summed E-state index contributed by atoms with van der Waals surface area (Å²) >= 11 is 0. The molecule has 0 atom stereocenters. The molecule has 0 saturated carbocycles. The molecule has 144 valence electrons. The number of hydrogen-bond donors (Lipinski definition) is 0. The van der Waals surface area contributed by atoms with Crippen molar-refractivity contribution in [3.05, 3.63) is 47.5 Å². The molecule has 2 fully saturated rings. The fourth-order valence-corrected chi connectivity index (χ4v) is 4.65. The topological polar surface area (TPSA) is 40.6 Å². The predicted octanol–water partition coefficient (Wildman–Crippen LogP) is 3.67. The molecule has 0 bridgehead atoms. The van der Waals surface area contributed by atoms with E-state index >= 15 is 0 Å². The maximum atomic E-state index is 12.5. The van der Waals surface area contributed by atoms with Crippen LogP contribution in [-0.4, -0.2) is 47.8 Å². The van der Waals surface area contributed by atoms with Crippen LogP contribution in [0, 0.1) is 11.8 Å². The van der Waals surface area contributed by atoms with E-state index < -0.39 is 0 Å². The third-order valence-corrected chi connectivity index (χ3v) is 6.40. The molecule has 0 spiro atoms. The summed E-state index contributed by atoms with van der Waals surface area (Å²) in [5.74, 6) is 1.36. The molecule has 1 aromatic rings. The highest BCUT2D eigenvalue weighted by Crippen LogP contribution is 2.26. The lowest BCUT2D eigenvalue weighted by Gasteiger charge is -2.33. The quantitative estimate of drug-likeness (QED) is 0.763. The number of piperidine rings is 1. The molecule has 0 N–H and O–H groups in total. The summed E-state index contributed by atoms with van der Waals surface area (Å²) in [4.78, 5) is 29.0. The smallest absolute Gasteiger partial charge is 0.253 e. The van der Waals surface area contributed by atoms with Gasteiger partial charge >= 0.3 is 0 Å². The van der Waals surface area contributed by atoms with E-state index in [0.717, 1.165) is 76.7 Å². The Bertz CT molecular complexity index is 688. The number of rotatable bonds is 4. The molecular formula is C23H30N2O2. The zero-order chi connectivity index (χ0) is 18.6. The van der Waals surface area contributed by atoms with Crippen molar-refractivity contribution in [2.45, 2.75) is 44.9 Å². The molecule has 2 saturated heterocycles. The van der Waals surface area contributed by atoms with Gasteiger partial charge in [-0.15, -0.1) is 0 Å². The summed E-state index contributed by atoms with van der Waals surface area (Å²) in [6.07, 6.45) is 11.6. The minimum Gasteiger partial charge on any atom is -0.342 e. The molecule has 3 aliphatic rings. The van der Waals surface area contributed by atoms with Gasteiger partial charge in [-0.2, -0.15) is 0 Å². The van der Waals surface area contributed by atoms with Crippen LogP contribution in [-0.2, 0) is 11.2 Å². The molecule has 1 aliphatic carbocycles. The molecule has 0 aromatic heterocycles. The van der Waals surface area contributed by atoms with Gasteiger partial charge in [-0.05, 0) is 68.6 Å². The van der Waals surface area contributed by atoms with Crippen molar-refractivity contribution in [2.24, 2.45) is 11.8 Å². The maximum absolute atomic E-state index is 12.5. The largest absolute Gasteiger partial charge is 0.342 e. The van der Waals surface area contributed by atoms with Crippen molar-refractivity contribution < 1.29 is 9.59 Å². The SMILES string of the molecule is O=C(c1ccc(CC2CCN(C(=O)C3CC=CC3)CC2)cc1)N1CCCC1. The maximum Gasteiger partial charge on any atom is 0.253 e. The van der Waals surface area contributed by atoms with Gasteiger partial charge in [0.1, 0.15) is 0 Å². The summed E-state index contributed by atoms with van der Waals surface area (Å²) in [6.45, 7) is 3.58. The standard InChI is InChI=1S/C23H30N2O2/c26-22(20-5-1-2-6-20)25-15-11-19(12-16-25)17-18-7-9-21(10-8-18)23(27)24-13-3-4-14-24/h1-2,7-10,19-20H,3-6,11-17H2. The van der Waals surface area contributed by atoms with Gasteiger partial charge in [0.25, 0.3) is 5.91 Å². The van der Waals surface area contributed by atoms with Crippen LogP contribution in [0.1, 0.15) is 54.4 Å². The molecule has 4 rings (SSSR count). The average Bonchev–Trinajstić information content (AvgIpc) is 3.42. The zero-order valence-electron chi connectivity index (χ0n) is 16.1. The fourth-order valence-electron chi connectivity index (χ4n) is 4.65. The summed E-state index contributed by atoms with van der Waals surface area (Å²) in [5, 5.41) is 0. The molecule has 1 aromatic carbocycles. The first-order valence-corrected chi connectivity index (χ1v) is 10.5. The summed E-state index contributed by atoms with van der Waals surface area (Å²) in [7, 11) is 0. The number of benzene rings is 1. The molecule has 2 aliphatic heterocycles. The lowest BCUT2D eigenvalue weighted by Crippen LogP contribution is -2.41. The van der Waals surface area contributed by atoms with Crippen molar-refractivity contribution in [2.75, 3.05) is 26.2 Å². The predicted molar refractivity (Wildman–Crippen MR) is 106 cm³/mol. The Hall–Kier alpha value is -2.10. The molecule has 2 amide bonds. The average molecular weight is 367 g/mol. The third kappa shape index (κ3) is 4.26. The van der Waals surface area contributed by atoms with Gasteiger partial charge in [-0.3, -0.25) is 9.59 Å². The van der Waals surface area contributed by atoms with Gasteiger partial charge in [0.05, 0.1) is 0 Å². The van der Waals surface area contributed by atoms with Crippen LogP contribution in [0.25, 0.3) is 0 Å². The van der Waals surface area contributed by atoms with E-state index in [0.29, 0.717) is 11.8 Å². The molecule has 4 heteroatoms. The number of likely N-dealkylation sites (tertiary alicyclic amines) is 2. The third-order valence-electron chi connectivity index (χ3n) is 6.40. The lowest BCUT2D eigenvalue weighted by atomic mass is 9.89. The van der Waals surface area contributed by atoms with Crippen LogP contribution in [0.3, 0.4) is 0 Å². The number of nitrogens with zero attached hydrogens (tertiary/aromatic N) is 2. The number of hydrogen-bond acceptors (Lipinski definition) is 2. The van der Waals surface area contributed by atoms with E-state index in [4.69, 9.17) is 0 Å². The second kappa shape index (κ2) is 8.28. The molecule has 0 unspecified atom stereocenters. The fraction of sp³-hybridized carbons (Fsp3) is 0.565. The van der Waals surface area contributed by atoms with Crippen molar-refractivity contribution in [3.63, 3.8) is 0 Å². The zero-order valence-corrected chi connectivity index (χ0v) is 16.1.